The first-order valence-electron chi connectivity index (χ1n) is 9.31. The fourth-order valence-electron chi connectivity index (χ4n) is 2.75. The Balaban J connectivity index is 1.99. The number of hydrogen-bond donors (Lipinski definition) is 2. The molecule has 1 aliphatic rings. The first-order chi connectivity index (χ1) is 12.6. The van der Waals surface area contributed by atoms with E-state index in [1.807, 2.05) is 18.7 Å². The molecule has 2 heterocycles. The van der Waals surface area contributed by atoms with E-state index in [1.54, 1.807) is 20.8 Å². The molecule has 1 aromatic heterocycles. The molecule has 1 aromatic rings. The number of nitrogens with zero attached hydrogens (tertiary/aromatic N) is 3. The van der Waals surface area contributed by atoms with Crippen molar-refractivity contribution in [3.05, 3.63) is 18.1 Å². The van der Waals surface area contributed by atoms with Crippen molar-refractivity contribution in [1.29, 1.82) is 0 Å². The Morgan fingerprint density at radius 2 is 1.70 bits per heavy atom. The van der Waals surface area contributed by atoms with Crippen LogP contribution in [0, 0.1) is 11.3 Å². The van der Waals surface area contributed by atoms with Crippen LogP contribution in [0.4, 0.5) is 5.82 Å². The quantitative estimate of drug-likeness (QED) is 0.835. The van der Waals surface area contributed by atoms with Crippen LogP contribution < -0.4 is 10.6 Å². The maximum Gasteiger partial charge on any atom is 0.273 e. The smallest absolute Gasteiger partial charge is 0.273 e. The molecule has 0 saturated carbocycles. The first kappa shape index (κ1) is 20.8. The van der Waals surface area contributed by atoms with E-state index >= 15 is 0 Å². The van der Waals surface area contributed by atoms with Gasteiger partial charge >= 0.3 is 0 Å². The highest BCUT2D eigenvalue weighted by molar-refractivity contribution is 6.02. The maximum absolute atomic E-state index is 12.6. The van der Waals surface area contributed by atoms with Crippen molar-refractivity contribution in [2.24, 2.45) is 11.3 Å². The van der Waals surface area contributed by atoms with Crippen LogP contribution >= 0.6 is 0 Å². The normalized spacial score (nSPS) is 15.6. The van der Waals surface area contributed by atoms with Crippen molar-refractivity contribution in [3.8, 4) is 0 Å². The van der Waals surface area contributed by atoms with Crippen molar-refractivity contribution in [1.82, 2.24) is 20.2 Å². The lowest BCUT2D eigenvalue weighted by Gasteiger charge is -2.33. The van der Waals surface area contributed by atoms with Gasteiger partial charge < -0.3 is 15.5 Å². The molecule has 3 amide bonds. The van der Waals surface area contributed by atoms with Crippen LogP contribution in [-0.2, 0) is 9.59 Å². The SMILES string of the molecule is CC(C)C(=O)N1CCC(NC(=O)c2nccnc2NC(=O)C(C)(C)C)CC1. The van der Waals surface area contributed by atoms with Crippen molar-refractivity contribution >= 4 is 23.5 Å². The van der Waals surface area contributed by atoms with Gasteiger partial charge in [0.15, 0.2) is 11.5 Å². The van der Waals surface area contributed by atoms with Gasteiger partial charge in [-0.15, -0.1) is 0 Å². The fourth-order valence-corrected chi connectivity index (χ4v) is 2.75. The van der Waals surface area contributed by atoms with E-state index in [0.29, 0.717) is 25.9 Å². The summed E-state index contributed by atoms with van der Waals surface area (Å²) >= 11 is 0. The fraction of sp³-hybridized carbons (Fsp3) is 0.632. The molecule has 0 aliphatic carbocycles. The van der Waals surface area contributed by atoms with E-state index in [4.69, 9.17) is 0 Å². The van der Waals surface area contributed by atoms with E-state index in [-0.39, 0.29) is 41.2 Å². The Morgan fingerprint density at radius 3 is 2.26 bits per heavy atom. The second kappa shape index (κ2) is 8.45. The number of likely N-dealkylation sites (tertiary alicyclic amines) is 1. The number of carbonyl (C=O) groups excluding carboxylic acids is 3. The highest BCUT2D eigenvalue weighted by Crippen LogP contribution is 2.18. The third kappa shape index (κ3) is 5.48. The minimum absolute atomic E-state index is 0.0234. The molecule has 8 heteroatoms. The molecule has 2 rings (SSSR count). The third-order valence-electron chi connectivity index (χ3n) is 4.46. The summed E-state index contributed by atoms with van der Waals surface area (Å²) < 4.78 is 0. The van der Waals surface area contributed by atoms with Gasteiger partial charge in [0, 0.05) is 42.9 Å². The van der Waals surface area contributed by atoms with Crippen molar-refractivity contribution in [2.45, 2.75) is 53.5 Å². The van der Waals surface area contributed by atoms with Crippen molar-refractivity contribution < 1.29 is 14.4 Å². The Labute approximate surface area is 160 Å². The lowest BCUT2D eigenvalue weighted by Crippen LogP contribution is -2.47. The van der Waals surface area contributed by atoms with Crippen LogP contribution in [-0.4, -0.2) is 51.7 Å². The molecule has 0 unspecified atom stereocenters. The minimum Gasteiger partial charge on any atom is -0.348 e. The zero-order chi connectivity index (χ0) is 20.2. The standard InChI is InChI=1S/C19H29N5O3/c1-12(2)17(26)24-10-6-13(7-11-24)22-16(25)14-15(21-9-8-20-14)23-18(27)19(3,4)5/h8-9,12-13H,6-7,10-11H2,1-5H3,(H,22,25)(H,21,23,27). The molecule has 1 fully saturated rings. The average molecular weight is 375 g/mol. The number of piperidine rings is 1. The third-order valence-corrected chi connectivity index (χ3v) is 4.46. The molecular formula is C19H29N5O3. The van der Waals surface area contributed by atoms with Crippen LogP contribution in [0.5, 0.6) is 0 Å². The summed E-state index contributed by atoms with van der Waals surface area (Å²) in [6.45, 7) is 10.4. The Morgan fingerprint density at radius 1 is 1.11 bits per heavy atom. The van der Waals surface area contributed by atoms with Crippen LogP contribution in [0.3, 0.4) is 0 Å². The number of amides is 3. The maximum atomic E-state index is 12.6. The van der Waals surface area contributed by atoms with E-state index in [9.17, 15) is 14.4 Å². The molecule has 0 radical (unpaired) electrons. The predicted molar refractivity (Wildman–Crippen MR) is 102 cm³/mol. The Bertz CT molecular complexity index is 704. The Kier molecular flexibility index (Phi) is 6.51. The second-order valence-electron chi connectivity index (χ2n) is 8.19. The molecule has 0 spiro atoms. The molecule has 0 atom stereocenters. The number of nitrogens with one attached hydrogen (secondary N) is 2. The first-order valence-corrected chi connectivity index (χ1v) is 9.31. The number of hydrogen-bond acceptors (Lipinski definition) is 5. The van der Waals surface area contributed by atoms with Crippen LogP contribution in [0.1, 0.15) is 57.9 Å². The molecule has 0 bridgehead atoms. The van der Waals surface area contributed by atoms with Crippen LogP contribution in [0.25, 0.3) is 0 Å². The van der Waals surface area contributed by atoms with Crippen LogP contribution in [0.2, 0.25) is 0 Å². The molecular weight excluding hydrogens is 346 g/mol. The van der Waals surface area contributed by atoms with Gasteiger partial charge in [-0.05, 0) is 12.8 Å². The summed E-state index contributed by atoms with van der Waals surface area (Å²) in [5, 5.41) is 5.62. The second-order valence-corrected chi connectivity index (χ2v) is 8.19. The monoisotopic (exact) mass is 375 g/mol. The molecule has 148 valence electrons. The van der Waals surface area contributed by atoms with Gasteiger partial charge in [-0.25, -0.2) is 9.97 Å². The minimum atomic E-state index is -0.610. The van der Waals surface area contributed by atoms with Gasteiger partial charge in [0.05, 0.1) is 0 Å². The van der Waals surface area contributed by atoms with E-state index in [1.165, 1.54) is 12.4 Å². The molecule has 2 N–H and O–H groups in total. The summed E-state index contributed by atoms with van der Waals surface area (Å²) in [4.78, 5) is 46.9. The predicted octanol–water partition coefficient (Wildman–Crippen LogP) is 1.84. The van der Waals surface area contributed by atoms with E-state index in [0.717, 1.165) is 0 Å². The van der Waals surface area contributed by atoms with Crippen molar-refractivity contribution in [3.63, 3.8) is 0 Å². The topological polar surface area (TPSA) is 104 Å². The molecule has 0 aromatic carbocycles. The lowest BCUT2D eigenvalue weighted by atomic mass is 9.96. The van der Waals surface area contributed by atoms with E-state index < -0.39 is 5.41 Å². The number of aromatic nitrogens is 2. The highest BCUT2D eigenvalue weighted by atomic mass is 16.2. The summed E-state index contributed by atoms with van der Waals surface area (Å²) in [6, 6.07) is -0.0399. The summed E-state index contributed by atoms with van der Waals surface area (Å²) in [5.41, 5.74) is -0.517. The van der Waals surface area contributed by atoms with Gasteiger partial charge in [-0.2, -0.15) is 0 Å². The lowest BCUT2D eigenvalue weighted by molar-refractivity contribution is -0.135. The number of anilines is 1. The summed E-state index contributed by atoms with van der Waals surface area (Å²) in [7, 11) is 0. The van der Waals surface area contributed by atoms with E-state index in [2.05, 4.69) is 20.6 Å². The molecule has 1 aliphatic heterocycles. The summed E-state index contributed by atoms with van der Waals surface area (Å²) in [6.07, 6.45) is 4.24. The number of rotatable bonds is 4. The van der Waals surface area contributed by atoms with Crippen molar-refractivity contribution in [2.75, 3.05) is 18.4 Å². The largest absolute Gasteiger partial charge is 0.348 e. The van der Waals surface area contributed by atoms with Crippen LogP contribution in [0.15, 0.2) is 12.4 Å². The zero-order valence-electron chi connectivity index (χ0n) is 16.7. The number of carbonyl (C=O) groups is 3. The van der Waals surface area contributed by atoms with Gasteiger partial charge in [0.2, 0.25) is 11.8 Å². The van der Waals surface area contributed by atoms with Gasteiger partial charge in [-0.3, -0.25) is 14.4 Å². The Hall–Kier alpha value is -2.51. The molecule has 1 saturated heterocycles. The molecule has 8 nitrogen and oxygen atoms in total. The summed E-state index contributed by atoms with van der Waals surface area (Å²) in [5.74, 6) is -0.341. The highest BCUT2D eigenvalue weighted by Gasteiger charge is 2.28. The van der Waals surface area contributed by atoms with Gasteiger partial charge in [0.25, 0.3) is 5.91 Å². The zero-order valence-corrected chi connectivity index (χ0v) is 16.7. The van der Waals surface area contributed by atoms with Gasteiger partial charge in [-0.1, -0.05) is 34.6 Å². The van der Waals surface area contributed by atoms with Gasteiger partial charge in [0.1, 0.15) is 0 Å². The average Bonchev–Trinajstić information content (AvgIpc) is 2.61. The molecule has 27 heavy (non-hydrogen) atoms.